The zero-order valence-corrected chi connectivity index (χ0v) is 38.2. The standard InChI is InChI=1S/C26H37NO5.C24H32FNO5/c1-16-5-8-19(9-6-16)15-27-23(28)12-11-22-18(3)21-10-7-17(2)20-13-14-25(4)30-24(29-22)26(20,21)32-31-25;1-14-4-9-19-15(2)20(10-11-21(27)26-17-7-5-16(25)6-8-17)28-22-24(19)18(14)12-13-23(3,29-22)30-31-24/h5-6,8-9,17-18,20-22,24H,7,10-15H2,1-4H3,(H,27,28);5-8,14-15,18-20,22H,4,9-13H2,1-3H3,(H,26,27)/t17-,18-,20+,21+,22-,24-,25+,26-;14-,15-,18+,19+,20-,22-,23+,24-/m11/s1. The van der Waals surface area contributed by atoms with Crippen LogP contribution in [0.1, 0.15) is 130 Å². The van der Waals surface area contributed by atoms with Gasteiger partial charge >= 0.3 is 0 Å². The minimum atomic E-state index is -0.789. The van der Waals surface area contributed by atoms with Gasteiger partial charge in [0.2, 0.25) is 23.4 Å². The Morgan fingerprint density at radius 1 is 0.635 bits per heavy atom. The summed E-state index contributed by atoms with van der Waals surface area (Å²) in [6.45, 7) is 15.6. The molecule has 10 fully saturated rings. The molecule has 2 amide bonds. The molecule has 10 aliphatic rings. The van der Waals surface area contributed by atoms with Crippen LogP contribution in [-0.4, -0.2) is 59.4 Å². The van der Waals surface area contributed by atoms with Crippen molar-refractivity contribution in [2.24, 2.45) is 47.3 Å². The van der Waals surface area contributed by atoms with Gasteiger partial charge < -0.3 is 29.6 Å². The number of nitrogens with one attached hydrogen (secondary N) is 2. The van der Waals surface area contributed by atoms with E-state index in [4.69, 9.17) is 38.5 Å². The largest absolute Gasteiger partial charge is 0.352 e. The van der Waals surface area contributed by atoms with Gasteiger partial charge in [-0.2, -0.15) is 0 Å². The van der Waals surface area contributed by atoms with Crippen molar-refractivity contribution in [3.8, 4) is 0 Å². The number of anilines is 1. The molecule has 2 aromatic carbocycles. The molecule has 2 aliphatic carbocycles. The van der Waals surface area contributed by atoms with E-state index in [9.17, 15) is 14.0 Å². The molecule has 0 radical (unpaired) electrons. The Hall–Kier alpha value is -3.01. The molecule has 346 valence electrons. The summed E-state index contributed by atoms with van der Waals surface area (Å²) >= 11 is 0. The summed E-state index contributed by atoms with van der Waals surface area (Å²) in [6.07, 6.45) is 9.14. The molecule has 0 unspecified atom stereocenters. The highest BCUT2D eigenvalue weighted by molar-refractivity contribution is 5.90. The van der Waals surface area contributed by atoms with Crippen LogP contribution in [0.4, 0.5) is 10.1 Å². The second kappa shape index (κ2) is 17.7. The summed E-state index contributed by atoms with van der Waals surface area (Å²) in [6, 6.07) is 14.1. The molecule has 0 aromatic heterocycles. The van der Waals surface area contributed by atoms with Gasteiger partial charge in [0, 0.05) is 49.8 Å². The SMILES string of the molecule is C[C@H]1[C@@H](CCC(=O)Nc2ccc(F)cc2)O[C@@H]2O[C@]3(C)CC[C@H]4[C@H](C)CC[C@@H]1[C@@]24OO3.Cc1ccc(CNC(=O)CC[C@H]2O[C@@H]3O[C@]4(C)CC[C@H]5[C@H](C)CC[C@@H]([C@H]2C)[C@@]35OO4)cc1. The maximum atomic E-state index is 13.1. The van der Waals surface area contributed by atoms with E-state index in [1.807, 2.05) is 13.8 Å². The molecule has 2 aromatic rings. The summed E-state index contributed by atoms with van der Waals surface area (Å²) in [5.41, 5.74) is 1.83. The molecule has 13 heteroatoms. The Morgan fingerprint density at radius 2 is 1.13 bits per heavy atom. The van der Waals surface area contributed by atoms with Crippen LogP contribution in [0.2, 0.25) is 0 Å². The lowest BCUT2D eigenvalue weighted by molar-refractivity contribution is -0.571. The van der Waals surface area contributed by atoms with Gasteiger partial charge in [0.05, 0.1) is 12.2 Å². The fourth-order valence-corrected chi connectivity index (χ4v) is 12.9. The van der Waals surface area contributed by atoms with E-state index in [0.29, 0.717) is 67.5 Å². The first-order valence-corrected chi connectivity index (χ1v) is 23.9. The Morgan fingerprint density at radius 3 is 1.63 bits per heavy atom. The molecule has 2 spiro atoms. The van der Waals surface area contributed by atoms with Crippen molar-refractivity contribution < 1.29 is 52.5 Å². The molecule has 8 heterocycles. The van der Waals surface area contributed by atoms with Gasteiger partial charge in [-0.25, -0.2) is 23.9 Å². The van der Waals surface area contributed by atoms with Crippen molar-refractivity contribution in [3.63, 3.8) is 0 Å². The van der Waals surface area contributed by atoms with Crippen molar-refractivity contribution >= 4 is 17.5 Å². The van der Waals surface area contributed by atoms with Crippen molar-refractivity contribution in [2.75, 3.05) is 5.32 Å². The monoisotopic (exact) mass is 876 g/mol. The second-order valence-electron chi connectivity index (χ2n) is 20.8. The lowest BCUT2D eigenvalue weighted by Gasteiger charge is -2.60. The Labute approximate surface area is 372 Å². The maximum absolute atomic E-state index is 13.1. The van der Waals surface area contributed by atoms with E-state index < -0.39 is 35.4 Å². The predicted molar refractivity (Wildman–Crippen MR) is 230 cm³/mol. The molecule has 16 atom stereocenters. The first-order valence-electron chi connectivity index (χ1n) is 23.9. The van der Waals surface area contributed by atoms with Crippen LogP contribution in [0.15, 0.2) is 48.5 Å². The first-order chi connectivity index (χ1) is 30.1. The normalized spacial score (nSPS) is 43.2. The lowest BCUT2D eigenvalue weighted by atomic mass is 9.57. The third kappa shape index (κ3) is 8.52. The molecule has 2 N–H and O–H groups in total. The Bertz CT molecular complexity index is 1950. The zero-order valence-electron chi connectivity index (χ0n) is 38.2. The van der Waals surface area contributed by atoms with E-state index >= 15 is 0 Å². The summed E-state index contributed by atoms with van der Waals surface area (Å²) in [7, 11) is 0. The number of fused-ring (bicyclic) bond motifs is 4. The Balaban J connectivity index is 0.000000160. The number of hydrogen-bond donors (Lipinski definition) is 2. The average Bonchev–Trinajstić information content (AvgIpc) is 3.64. The van der Waals surface area contributed by atoms with E-state index in [2.05, 4.69) is 69.5 Å². The van der Waals surface area contributed by atoms with E-state index in [1.54, 1.807) is 12.1 Å². The van der Waals surface area contributed by atoms with Crippen LogP contribution in [-0.2, 0) is 54.6 Å². The van der Waals surface area contributed by atoms with Crippen molar-refractivity contribution in [1.82, 2.24) is 5.32 Å². The molecule has 2 saturated carbocycles. The third-order valence-corrected chi connectivity index (χ3v) is 16.6. The lowest BCUT2D eigenvalue weighted by Crippen LogP contribution is -2.70. The highest BCUT2D eigenvalue weighted by atomic mass is 19.1. The average molecular weight is 877 g/mol. The number of hydrogen-bond acceptors (Lipinski definition) is 10. The predicted octanol–water partition coefficient (Wildman–Crippen LogP) is 9.44. The molecular weight excluding hydrogens is 808 g/mol. The minimum Gasteiger partial charge on any atom is -0.352 e. The van der Waals surface area contributed by atoms with Crippen molar-refractivity contribution in [3.05, 3.63) is 65.5 Å². The number of amides is 2. The van der Waals surface area contributed by atoms with Crippen LogP contribution >= 0.6 is 0 Å². The van der Waals surface area contributed by atoms with Crippen molar-refractivity contribution in [1.29, 1.82) is 0 Å². The van der Waals surface area contributed by atoms with Gasteiger partial charge in [-0.3, -0.25) is 9.59 Å². The van der Waals surface area contributed by atoms with E-state index in [-0.39, 0.29) is 47.6 Å². The van der Waals surface area contributed by atoms with Gasteiger partial charge in [-0.1, -0.05) is 57.5 Å². The molecule has 4 bridgehead atoms. The molecule has 12 nitrogen and oxygen atoms in total. The first kappa shape index (κ1) is 45.2. The zero-order chi connectivity index (χ0) is 44.3. The summed E-state index contributed by atoms with van der Waals surface area (Å²) in [5.74, 6) is 0.959. The van der Waals surface area contributed by atoms with Crippen LogP contribution in [0.3, 0.4) is 0 Å². The summed E-state index contributed by atoms with van der Waals surface area (Å²) in [4.78, 5) is 49.1. The molecule has 12 rings (SSSR count). The minimum absolute atomic E-state index is 0.0265. The number of ether oxygens (including phenoxy) is 4. The van der Waals surface area contributed by atoms with Gasteiger partial charge in [0.15, 0.2) is 23.8 Å². The van der Waals surface area contributed by atoms with Gasteiger partial charge in [-0.05, 0) is 137 Å². The molecular formula is C50H69FN2O10. The fraction of sp³-hybridized carbons (Fsp3) is 0.720. The third-order valence-electron chi connectivity index (χ3n) is 16.6. The van der Waals surface area contributed by atoms with Crippen LogP contribution in [0.25, 0.3) is 0 Å². The maximum Gasteiger partial charge on any atom is 0.224 e. The molecule has 63 heavy (non-hydrogen) atoms. The quantitative estimate of drug-likeness (QED) is 0.235. The van der Waals surface area contributed by atoms with Crippen LogP contribution in [0.5, 0.6) is 0 Å². The van der Waals surface area contributed by atoms with Crippen molar-refractivity contribution in [2.45, 2.75) is 180 Å². The van der Waals surface area contributed by atoms with Crippen LogP contribution < -0.4 is 10.6 Å². The van der Waals surface area contributed by atoms with Gasteiger partial charge in [-0.15, -0.1) is 0 Å². The summed E-state index contributed by atoms with van der Waals surface area (Å²) < 4.78 is 38.9. The number of carbonyl (C=O) groups is 2. The second-order valence-corrected chi connectivity index (χ2v) is 20.8. The number of benzene rings is 2. The number of aryl methyl sites for hydroxylation is 1. The van der Waals surface area contributed by atoms with Gasteiger partial charge in [0.25, 0.3) is 0 Å². The molecule has 8 aliphatic heterocycles. The highest BCUT2D eigenvalue weighted by Gasteiger charge is 2.70. The smallest absolute Gasteiger partial charge is 0.224 e. The number of carbonyl (C=O) groups excluding carboxylic acids is 2. The number of halogens is 1. The van der Waals surface area contributed by atoms with E-state index in [1.165, 1.54) is 24.1 Å². The summed E-state index contributed by atoms with van der Waals surface area (Å²) in [5, 5.41) is 5.88. The fourth-order valence-electron chi connectivity index (χ4n) is 12.9. The highest BCUT2D eigenvalue weighted by Crippen LogP contribution is 2.62. The number of rotatable bonds is 9. The van der Waals surface area contributed by atoms with E-state index in [0.717, 1.165) is 50.5 Å². The van der Waals surface area contributed by atoms with Crippen LogP contribution in [0, 0.1) is 60.1 Å². The topological polar surface area (TPSA) is 132 Å². The van der Waals surface area contributed by atoms with Gasteiger partial charge in [0.1, 0.15) is 5.82 Å². The molecule has 8 saturated heterocycles. The Kier molecular flexibility index (Phi) is 12.7.